The van der Waals surface area contributed by atoms with Gasteiger partial charge in [0.05, 0.1) is 35.9 Å². The van der Waals surface area contributed by atoms with Crippen LogP contribution in [0.15, 0.2) is 177 Å². The van der Waals surface area contributed by atoms with E-state index in [1.165, 1.54) is 10.0 Å². The van der Waals surface area contributed by atoms with E-state index in [1.54, 1.807) is 28.0 Å². The van der Waals surface area contributed by atoms with Crippen molar-refractivity contribution in [2.45, 2.75) is 0 Å². The number of para-hydroxylation sites is 6. The molecule has 2 heterocycles. The summed E-state index contributed by atoms with van der Waals surface area (Å²) in [4.78, 5) is 32.1. The van der Waals surface area contributed by atoms with Crippen LogP contribution in [0.1, 0.15) is 11.1 Å². The summed E-state index contributed by atoms with van der Waals surface area (Å²) in [5.41, 5.74) is 5.73. The van der Waals surface area contributed by atoms with Crippen LogP contribution in [0, 0.1) is 0 Å². The van der Waals surface area contributed by atoms with Gasteiger partial charge in [0.15, 0.2) is 0 Å². The van der Waals surface area contributed by atoms with Crippen LogP contribution in [0.3, 0.4) is 0 Å². The Labute approximate surface area is 360 Å². The van der Waals surface area contributed by atoms with Crippen LogP contribution in [0.5, 0.6) is 11.5 Å². The fraction of sp³-hybridized carbons (Fsp3) is 0.130. The third kappa shape index (κ3) is 9.55. The number of phenolic OH excluding ortho intramolecular Hbond substituents is 1. The average Bonchev–Trinajstić information content (AvgIpc) is 3.26. The van der Waals surface area contributed by atoms with Crippen LogP contribution in [0.25, 0.3) is 0 Å². The fourth-order valence-corrected chi connectivity index (χ4v) is 7.30. The van der Waals surface area contributed by atoms with Gasteiger partial charge in [-0.2, -0.15) is 20.2 Å². The molecule has 298 valence electrons. The number of hydrogen-bond donors (Lipinski definition) is 1. The van der Waals surface area contributed by atoms with Gasteiger partial charge in [0.1, 0.15) is 18.1 Å². The van der Waals surface area contributed by atoms with Crippen molar-refractivity contribution in [2.75, 3.05) is 60.2 Å². The van der Waals surface area contributed by atoms with E-state index in [4.69, 9.17) is 9.84 Å². The molecule has 2 aliphatic heterocycles. The zero-order valence-corrected chi connectivity index (χ0v) is 35.6. The predicted octanol–water partition coefficient (Wildman–Crippen LogP) is 10.2. The molecule has 6 aromatic carbocycles. The van der Waals surface area contributed by atoms with Crippen molar-refractivity contribution in [1.29, 1.82) is 0 Å². The molecule has 4 amide bonds. The number of hydrazone groups is 2. The van der Waals surface area contributed by atoms with E-state index in [0.717, 1.165) is 43.9 Å². The molecule has 11 nitrogen and oxygen atoms in total. The number of aromatic hydroxyl groups is 1. The lowest BCUT2D eigenvalue weighted by Crippen LogP contribution is -2.49. The van der Waals surface area contributed by atoms with Crippen LogP contribution in [0.4, 0.5) is 32.3 Å². The zero-order valence-electron chi connectivity index (χ0n) is 32.4. The van der Waals surface area contributed by atoms with Gasteiger partial charge >= 0.3 is 12.1 Å². The number of nitrogens with zero attached hydrogens (tertiary/aromatic N) is 7. The van der Waals surface area contributed by atoms with Crippen LogP contribution in [0.2, 0.25) is 0 Å². The highest BCUT2D eigenvalue weighted by atomic mass is 79.9. The monoisotopic (exact) mass is 913 g/mol. The minimum atomic E-state index is -0.257. The van der Waals surface area contributed by atoms with Gasteiger partial charge in [-0.05, 0) is 119 Å². The molecule has 0 saturated heterocycles. The van der Waals surface area contributed by atoms with Crippen LogP contribution in [-0.2, 0) is 0 Å². The van der Waals surface area contributed by atoms with Gasteiger partial charge in [-0.3, -0.25) is 9.80 Å². The molecule has 0 spiro atoms. The molecule has 13 heteroatoms. The molecule has 0 aromatic heterocycles. The Morgan fingerprint density at radius 1 is 0.576 bits per heavy atom. The summed E-state index contributed by atoms with van der Waals surface area (Å²) in [5, 5.41) is 22.5. The lowest BCUT2D eigenvalue weighted by molar-refractivity contribution is 0.250. The number of amides is 4. The van der Waals surface area contributed by atoms with Gasteiger partial charge in [-0.1, -0.05) is 84.9 Å². The number of hydrogen-bond acceptors (Lipinski definition) is 7. The van der Waals surface area contributed by atoms with Crippen molar-refractivity contribution in [3.8, 4) is 11.5 Å². The van der Waals surface area contributed by atoms with E-state index in [-0.39, 0.29) is 24.4 Å². The normalized spacial score (nSPS) is 14.1. The number of urea groups is 2. The first-order valence-corrected chi connectivity index (χ1v) is 20.4. The first kappa shape index (κ1) is 40.9. The molecule has 0 bridgehead atoms. The fourth-order valence-electron chi connectivity index (χ4n) is 6.40. The average molecular weight is 916 g/mol. The highest BCUT2D eigenvalue weighted by molar-refractivity contribution is 9.11. The summed E-state index contributed by atoms with van der Waals surface area (Å²) in [6.45, 7) is 1.98. The SMILES string of the molecule is CN(C)CCOc1ccccc1C1=NN(c2ccccc2Br)C(=O)N(c2ccccc2)C1.O=C1N(c2ccccc2)CC(c2ccccc2O)=NN1c1ccccc1Br. The molecule has 0 atom stereocenters. The van der Waals surface area contributed by atoms with Crippen molar-refractivity contribution < 1.29 is 19.4 Å². The number of halogens is 2. The van der Waals surface area contributed by atoms with Crippen LogP contribution < -0.4 is 24.6 Å². The lowest BCUT2D eigenvalue weighted by atomic mass is 10.1. The second-order valence-electron chi connectivity index (χ2n) is 13.7. The molecule has 1 N–H and O–H groups in total. The van der Waals surface area contributed by atoms with Crippen molar-refractivity contribution in [3.63, 3.8) is 0 Å². The van der Waals surface area contributed by atoms with Crippen molar-refractivity contribution in [3.05, 3.63) is 178 Å². The summed E-state index contributed by atoms with van der Waals surface area (Å²) in [6, 6.07) is 48.4. The number of carbonyl (C=O) groups is 2. The topological polar surface area (TPSA) is 105 Å². The van der Waals surface area contributed by atoms with Gasteiger partial charge < -0.3 is 14.7 Å². The van der Waals surface area contributed by atoms with Crippen molar-refractivity contribution in [2.24, 2.45) is 10.2 Å². The Hall–Kier alpha value is -6.28. The summed E-state index contributed by atoms with van der Waals surface area (Å²) in [5.74, 6) is 0.883. The Morgan fingerprint density at radius 3 is 1.49 bits per heavy atom. The van der Waals surface area contributed by atoms with Gasteiger partial charge in [0, 0.05) is 38.0 Å². The maximum atomic E-state index is 13.5. The molecule has 0 unspecified atom stereocenters. The first-order chi connectivity index (χ1) is 28.7. The molecule has 0 radical (unpaired) electrons. The van der Waals surface area contributed by atoms with Gasteiger partial charge in [0.2, 0.25) is 0 Å². The minimum Gasteiger partial charge on any atom is -0.507 e. The highest BCUT2D eigenvalue weighted by Gasteiger charge is 2.34. The minimum absolute atomic E-state index is 0.130. The number of rotatable bonds is 10. The molecule has 6 aromatic rings. The van der Waals surface area contributed by atoms with Crippen molar-refractivity contribution >= 4 is 78.1 Å². The van der Waals surface area contributed by atoms with E-state index in [2.05, 4.69) is 41.9 Å². The van der Waals surface area contributed by atoms with Crippen LogP contribution in [-0.4, -0.2) is 73.8 Å². The van der Waals surface area contributed by atoms with E-state index >= 15 is 0 Å². The van der Waals surface area contributed by atoms with E-state index in [9.17, 15) is 14.7 Å². The molecular weight excluding hydrogens is 874 g/mol. The standard InChI is InChI=1S/C25H25BrN4O2.C21H16BrN3O2/c1-28(2)16-17-32-24-15-9-6-12-20(24)22-18-29(19-10-4-3-5-11-19)25(31)30(27-22)23-14-8-7-13-21(23)26;22-17-11-5-6-12-19(17)25-21(27)24(15-8-2-1-3-9-15)14-18(23-25)16-10-4-7-13-20(16)26/h3-15H,16-18H2,1-2H3;1-13,26H,14H2. The number of carbonyl (C=O) groups excluding carboxylic acids is 2. The number of benzene rings is 6. The number of phenols is 1. The van der Waals surface area contributed by atoms with E-state index < -0.39 is 0 Å². The van der Waals surface area contributed by atoms with Crippen molar-refractivity contribution in [1.82, 2.24) is 4.90 Å². The molecule has 8 rings (SSSR count). The molecular formula is C46H41Br2N7O4. The summed E-state index contributed by atoms with van der Waals surface area (Å²) < 4.78 is 7.63. The number of likely N-dealkylation sites (N-methyl/N-ethyl adjacent to an activating group) is 1. The quantitative estimate of drug-likeness (QED) is 0.147. The Balaban J connectivity index is 0.000000181. The second kappa shape index (κ2) is 19.0. The Bertz CT molecular complexity index is 2480. The van der Waals surface area contributed by atoms with E-state index in [1.807, 2.05) is 154 Å². The Kier molecular flexibility index (Phi) is 13.2. The molecule has 59 heavy (non-hydrogen) atoms. The van der Waals surface area contributed by atoms with Gasteiger partial charge in [-0.25, -0.2) is 9.59 Å². The van der Waals surface area contributed by atoms with E-state index in [0.29, 0.717) is 35.8 Å². The summed E-state index contributed by atoms with van der Waals surface area (Å²) in [6.07, 6.45) is 0. The summed E-state index contributed by atoms with van der Waals surface area (Å²) in [7, 11) is 4.03. The Morgan fingerprint density at radius 2 is 1.00 bits per heavy atom. The zero-order chi connectivity index (χ0) is 41.3. The molecule has 2 aliphatic rings. The lowest BCUT2D eigenvalue weighted by Gasteiger charge is -2.34. The van der Waals surface area contributed by atoms with Gasteiger partial charge in [0.25, 0.3) is 0 Å². The highest BCUT2D eigenvalue weighted by Crippen LogP contribution is 2.34. The maximum absolute atomic E-state index is 13.5. The number of anilines is 4. The van der Waals surface area contributed by atoms with Crippen LogP contribution >= 0.6 is 31.9 Å². The second-order valence-corrected chi connectivity index (χ2v) is 15.4. The number of ether oxygens (including phenoxy) is 1. The van der Waals surface area contributed by atoms with Gasteiger partial charge in [-0.15, -0.1) is 0 Å². The largest absolute Gasteiger partial charge is 0.507 e. The summed E-state index contributed by atoms with van der Waals surface area (Å²) >= 11 is 7.06. The molecule has 0 fully saturated rings. The smallest absolute Gasteiger partial charge is 0.350 e. The predicted molar refractivity (Wildman–Crippen MR) is 243 cm³/mol. The maximum Gasteiger partial charge on any atom is 0.350 e. The first-order valence-electron chi connectivity index (χ1n) is 18.8. The molecule has 0 saturated carbocycles. The third-order valence-electron chi connectivity index (χ3n) is 9.39. The third-order valence-corrected chi connectivity index (χ3v) is 10.7. The molecule has 0 aliphatic carbocycles.